The Bertz CT molecular complexity index is 309. The minimum atomic E-state index is -0.516. The number of aromatic nitrogens is 1. The van der Waals surface area contributed by atoms with E-state index in [2.05, 4.69) is 15.5 Å². The number of hydrogen-bond donors (Lipinski definition) is 1. The minimum Gasteiger partial charge on any atom is -0.258 e. The monoisotopic (exact) mass is 218 g/mol. The third kappa shape index (κ3) is 2.84. The molecular weight excluding hydrogens is 214 g/mol. The second-order valence-corrected chi connectivity index (χ2v) is 3.59. The van der Waals surface area contributed by atoms with Crippen LogP contribution in [0.4, 0.5) is 5.69 Å². The van der Waals surface area contributed by atoms with Crippen LogP contribution in [-0.4, -0.2) is 9.91 Å². The van der Waals surface area contributed by atoms with Gasteiger partial charge in [0.25, 0.3) is 5.69 Å². The van der Waals surface area contributed by atoms with Gasteiger partial charge in [-0.25, -0.2) is 10.2 Å². The summed E-state index contributed by atoms with van der Waals surface area (Å²) in [6.45, 7) is 0. The van der Waals surface area contributed by atoms with E-state index in [1.54, 1.807) is 0 Å². The Hall–Kier alpha value is -0.830. The van der Waals surface area contributed by atoms with Gasteiger partial charge in [-0.3, -0.25) is 15.1 Å². The molecule has 0 unspecified atom stereocenters. The number of nitrogens with two attached hydrogens (primary N) is 1. The Morgan fingerprint density at radius 2 is 2.54 bits per heavy atom. The molecule has 1 heterocycles. The lowest BCUT2D eigenvalue weighted by atomic mass is 10.4. The van der Waals surface area contributed by atoms with Crippen molar-refractivity contribution in [2.45, 2.75) is 4.90 Å². The van der Waals surface area contributed by atoms with Crippen LogP contribution in [0.25, 0.3) is 0 Å². The van der Waals surface area contributed by atoms with Gasteiger partial charge in [0.1, 0.15) is 11.1 Å². The van der Waals surface area contributed by atoms with Crippen LogP contribution in [-0.2, 0) is 4.28 Å². The molecule has 13 heavy (non-hydrogen) atoms. The van der Waals surface area contributed by atoms with Crippen molar-refractivity contribution in [3.05, 3.63) is 28.6 Å². The predicted octanol–water partition coefficient (Wildman–Crippen LogP) is 1.34. The first-order valence-electron chi connectivity index (χ1n) is 2.97. The molecule has 0 saturated carbocycles. The summed E-state index contributed by atoms with van der Waals surface area (Å²) < 4.78 is 4.19. The van der Waals surface area contributed by atoms with Gasteiger partial charge in [0, 0.05) is 12.3 Å². The minimum absolute atomic E-state index is 0.0652. The molecule has 0 fully saturated rings. The third-order valence-corrected chi connectivity index (χ3v) is 2.61. The maximum absolute atomic E-state index is 10.4. The smallest absolute Gasteiger partial charge is 0.258 e. The molecule has 6 nitrogen and oxygen atoms in total. The first-order valence-corrected chi connectivity index (χ1v) is 5.04. The van der Waals surface area contributed by atoms with Crippen molar-refractivity contribution < 1.29 is 9.21 Å². The average Bonchev–Trinajstić information content (AvgIpc) is 2.15. The van der Waals surface area contributed by atoms with Gasteiger partial charge < -0.3 is 0 Å². The molecule has 0 aliphatic heterocycles. The van der Waals surface area contributed by atoms with Crippen molar-refractivity contribution in [2.75, 3.05) is 0 Å². The van der Waals surface area contributed by atoms with E-state index in [9.17, 15) is 10.1 Å². The first-order chi connectivity index (χ1) is 6.25. The standard InChI is InChI=1S/C5H4N3O3S2/c6-11-13-12-5-3-7-2-1-4(5)8(9)10/h1-2H,6H2. The van der Waals surface area contributed by atoms with Crippen LogP contribution in [0, 0.1) is 16.3 Å². The molecule has 0 aliphatic carbocycles. The molecule has 0 amide bonds. The van der Waals surface area contributed by atoms with Gasteiger partial charge in [0.15, 0.2) is 0 Å². The molecule has 8 heteroatoms. The molecule has 0 aromatic carbocycles. The predicted molar refractivity (Wildman–Crippen MR) is 48.4 cm³/mol. The van der Waals surface area contributed by atoms with E-state index < -0.39 is 4.92 Å². The van der Waals surface area contributed by atoms with Gasteiger partial charge in [-0.15, -0.1) is 0 Å². The summed E-state index contributed by atoms with van der Waals surface area (Å²) in [6.07, 6.45) is 3.77. The summed E-state index contributed by atoms with van der Waals surface area (Å²) in [4.78, 5) is 13.8. The fourth-order valence-corrected chi connectivity index (χ4v) is 1.71. The highest BCUT2D eigenvalue weighted by atomic mass is 33.1. The molecule has 0 atom stereocenters. The topological polar surface area (TPSA) is 91.3 Å². The lowest BCUT2D eigenvalue weighted by Crippen LogP contribution is -1.91. The Labute approximate surface area is 81.6 Å². The molecular formula is C5H4N3O3S2. The number of pyridine rings is 1. The second kappa shape index (κ2) is 5.02. The fraction of sp³-hybridized carbons (Fsp3) is 0. The number of rotatable bonds is 4. The largest absolute Gasteiger partial charge is 0.287 e. The SMILES string of the molecule is NOSSc1[c]nccc1[N+](=O)[O-]. The second-order valence-electron chi connectivity index (χ2n) is 1.78. The zero-order chi connectivity index (χ0) is 9.68. The van der Waals surface area contributed by atoms with Crippen LogP contribution >= 0.6 is 21.9 Å². The van der Waals surface area contributed by atoms with Gasteiger partial charge in [0.05, 0.1) is 16.0 Å². The lowest BCUT2D eigenvalue weighted by molar-refractivity contribution is -0.387. The van der Waals surface area contributed by atoms with Gasteiger partial charge >= 0.3 is 0 Å². The van der Waals surface area contributed by atoms with Crippen molar-refractivity contribution in [1.82, 2.24) is 4.98 Å². The van der Waals surface area contributed by atoms with E-state index >= 15 is 0 Å². The number of hydrogen-bond acceptors (Lipinski definition) is 7. The maximum atomic E-state index is 10.4. The van der Waals surface area contributed by atoms with Crippen molar-refractivity contribution in [1.29, 1.82) is 0 Å². The summed E-state index contributed by atoms with van der Waals surface area (Å²) in [6, 6.07) is 1.29. The van der Waals surface area contributed by atoms with Crippen molar-refractivity contribution in [3.63, 3.8) is 0 Å². The summed E-state index contributed by atoms with van der Waals surface area (Å²) >= 11 is 0.812. The normalized spacial score (nSPS) is 9.92. The molecule has 0 aliphatic rings. The molecule has 1 radical (unpaired) electrons. The van der Waals surface area contributed by atoms with Gasteiger partial charge in [-0.2, -0.15) is 0 Å². The van der Waals surface area contributed by atoms with E-state index in [4.69, 9.17) is 5.90 Å². The number of nitro groups is 1. The molecule has 1 aromatic heterocycles. The van der Waals surface area contributed by atoms with Crippen molar-refractivity contribution in [3.8, 4) is 0 Å². The molecule has 0 spiro atoms. The van der Waals surface area contributed by atoms with E-state index in [1.807, 2.05) is 0 Å². The van der Waals surface area contributed by atoms with Crippen LogP contribution in [0.1, 0.15) is 0 Å². The number of nitrogens with zero attached hydrogens (tertiary/aromatic N) is 2. The Morgan fingerprint density at radius 3 is 3.15 bits per heavy atom. The first kappa shape index (κ1) is 10.3. The van der Waals surface area contributed by atoms with Crippen LogP contribution in [0.5, 0.6) is 0 Å². The summed E-state index contributed by atoms with van der Waals surface area (Å²) in [5.74, 6) is 4.74. The zero-order valence-electron chi connectivity index (χ0n) is 6.17. The summed E-state index contributed by atoms with van der Waals surface area (Å²) in [5.41, 5.74) is -0.0652. The van der Waals surface area contributed by atoms with Crippen molar-refractivity contribution in [2.24, 2.45) is 5.90 Å². The van der Waals surface area contributed by atoms with E-state index in [0.29, 0.717) is 0 Å². The van der Waals surface area contributed by atoms with Crippen LogP contribution in [0.2, 0.25) is 0 Å². The van der Waals surface area contributed by atoms with Crippen LogP contribution < -0.4 is 5.90 Å². The third-order valence-electron chi connectivity index (χ3n) is 1.06. The van der Waals surface area contributed by atoms with Crippen LogP contribution in [0.15, 0.2) is 17.2 Å². The molecule has 0 saturated heterocycles. The zero-order valence-corrected chi connectivity index (χ0v) is 7.80. The Kier molecular flexibility index (Phi) is 3.96. The molecule has 69 valence electrons. The quantitative estimate of drug-likeness (QED) is 0.353. The Balaban J connectivity index is 2.84. The molecule has 1 aromatic rings. The average molecular weight is 218 g/mol. The van der Waals surface area contributed by atoms with Gasteiger partial charge in [-0.05, 0) is 10.8 Å². The van der Waals surface area contributed by atoms with Crippen LogP contribution in [0.3, 0.4) is 0 Å². The molecule has 1 rings (SSSR count). The summed E-state index contributed by atoms with van der Waals surface area (Å²) in [5, 5.41) is 10.4. The van der Waals surface area contributed by atoms with Gasteiger partial charge in [0.2, 0.25) is 0 Å². The highest BCUT2D eigenvalue weighted by Crippen LogP contribution is 2.35. The van der Waals surface area contributed by atoms with E-state index in [1.165, 1.54) is 12.3 Å². The lowest BCUT2D eigenvalue weighted by Gasteiger charge is -1.97. The van der Waals surface area contributed by atoms with Gasteiger partial charge in [-0.1, -0.05) is 0 Å². The van der Waals surface area contributed by atoms with E-state index in [-0.39, 0.29) is 10.6 Å². The highest BCUT2D eigenvalue weighted by Gasteiger charge is 2.14. The van der Waals surface area contributed by atoms with Crippen molar-refractivity contribution >= 4 is 27.6 Å². The molecule has 2 N–H and O–H groups in total. The van der Waals surface area contributed by atoms with E-state index in [0.717, 1.165) is 21.9 Å². The summed E-state index contributed by atoms with van der Waals surface area (Å²) in [7, 11) is 0.985. The highest BCUT2D eigenvalue weighted by molar-refractivity contribution is 8.74. The molecule has 0 bridgehead atoms. The fourth-order valence-electron chi connectivity index (χ4n) is 0.595. The Morgan fingerprint density at radius 1 is 1.77 bits per heavy atom. The maximum Gasteiger partial charge on any atom is 0.287 e.